The zero-order chi connectivity index (χ0) is 8.65. The lowest BCUT2D eigenvalue weighted by atomic mass is 10.0. The fraction of sp³-hybridized carbons (Fsp3) is 1.00. The van der Waals surface area contributed by atoms with Crippen LogP contribution in [0.1, 0.15) is 59.8 Å². The molecule has 0 heterocycles. The van der Waals surface area contributed by atoms with Crippen LogP contribution in [0.5, 0.6) is 0 Å². The molecule has 1 aliphatic carbocycles. The summed E-state index contributed by atoms with van der Waals surface area (Å²) in [6.07, 6.45) is 10.1. The SMILES string of the molecule is C.C.NCCSC1CCCCCCC1. The molecule has 0 aromatic heterocycles. The summed E-state index contributed by atoms with van der Waals surface area (Å²) in [5.74, 6) is 1.16. The van der Waals surface area contributed by atoms with Gasteiger partial charge in [-0.05, 0) is 12.8 Å². The van der Waals surface area contributed by atoms with Gasteiger partial charge in [0.1, 0.15) is 0 Å². The quantitative estimate of drug-likeness (QED) is 0.774. The standard InChI is InChI=1S/C10H21NS.2CH4/c11-8-9-12-10-6-4-2-1-3-5-7-10;;/h10H,1-9,11H2;2*1H4. The summed E-state index contributed by atoms with van der Waals surface area (Å²) < 4.78 is 0. The van der Waals surface area contributed by atoms with Gasteiger partial charge in [0, 0.05) is 17.5 Å². The predicted octanol–water partition coefficient (Wildman–Crippen LogP) is 4.06. The third-order valence-electron chi connectivity index (χ3n) is 2.52. The highest BCUT2D eigenvalue weighted by Crippen LogP contribution is 2.26. The van der Waals surface area contributed by atoms with Crippen LogP contribution in [0.2, 0.25) is 0 Å². The number of rotatable bonds is 3. The molecule has 0 amide bonds. The molecule has 0 aromatic rings. The highest BCUT2D eigenvalue weighted by atomic mass is 32.2. The van der Waals surface area contributed by atoms with E-state index in [-0.39, 0.29) is 14.9 Å². The molecule has 0 aromatic carbocycles. The molecule has 0 aliphatic heterocycles. The van der Waals surface area contributed by atoms with Crippen LogP contribution in [0.3, 0.4) is 0 Å². The van der Waals surface area contributed by atoms with E-state index in [1.165, 1.54) is 44.9 Å². The van der Waals surface area contributed by atoms with Crippen molar-refractivity contribution >= 4 is 11.8 Å². The van der Waals surface area contributed by atoms with Gasteiger partial charge in [0.25, 0.3) is 0 Å². The van der Waals surface area contributed by atoms with Gasteiger partial charge in [0.2, 0.25) is 0 Å². The van der Waals surface area contributed by atoms with Crippen LogP contribution in [0.4, 0.5) is 0 Å². The minimum Gasteiger partial charge on any atom is -0.330 e. The second-order valence-corrected chi connectivity index (χ2v) is 5.03. The van der Waals surface area contributed by atoms with Gasteiger partial charge < -0.3 is 5.73 Å². The molecular weight excluding hydrogens is 190 g/mol. The van der Waals surface area contributed by atoms with Crippen molar-refractivity contribution < 1.29 is 0 Å². The Balaban J connectivity index is 0. The maximum Gasteiger partial charge on any atom is 0.00586 e. The van der Waals surface area contributed by atoms with Gasteiger partial charge >= 0.3 is 0 Å². The topological polar surface area (TPSA) is 26.0 Å². The summed E-state index contributed by atoms with van der Waals surface area (Å²) in [6, 6.07) is 0. The Bertz CT molecular complexity index is 95.7. The zero-order valence-electron chi connectivity index (χ0n) is 7.93. The normalized spacial score (nSPS) is 18.6. The Labute approximate surface area is 95.2 Å². The zero-order valence-corrected chi connectivity index (χ0v) is 8.74. The first-order valence-electron chi connectivity index (χ1n) is 5.25. The third-order valence-corrected chi connectivity index (χ3v) is 3.94. The molecule has 1 nitrogen and oxygen atoms in total. The van der Waals surface area contributed by atoms with E-state index in [9.17, 15) is 0 Å². The van der Waals surface area contributed by atoms with Crippen molar-refractivity contribution in [3.8, 4) is 0 Å². The van der Waals surface area contributed by atoms with Crippen molar-refractivity contribution in [1.29, 1.82) is 0 Å². The van der Waals surface area contributed by atoms with E-state index in [1.807, 2.05) is 0 Å². The van der Waals surface area contributed by atoms with Gasteiger partial charge in [-0.25, -0.2) is 0 Å². The van der Waals surface area contributed by atoms with E-state index in [0.29, 0.717) is 0 Å². The second kappa shape index (κ2) is 11.4. The summed E-state index contributed by atoms with van der Waals surface area (Å²) in [5.41, 5.74) is 5.49. The molecule has 0 saturated heterocycles. The van der Waals surface area contributed by atoms with E-state index in [2.05, 4.69) is 11.8 Å². The predicted molar refractivity (Wildman–Crippen MR) is 71.1 cm³/mol. The highest BCUT2D eigenvalue weighted by molar-refractivity contribution is 7.99. The summed E-state index contributed by atoms with van der Waals surface area (Å²) in [7, 11) is 0. The molecule has 1 saturated carbocycles. The summed E-state index contributed by atoms with van der Waals surface area (Å²) in [5, 5.41) is 0.925. The molecule has 0 unspecified atom stereocenters. The lowest BCUT2D eigenvalue weighted by molar-refractivity contribution is 0.513. The van der Waals surface area contributed by atoms with Gasteiger partial charge in [-0.2, -0.15) is 11.8 Å². The molecule has 0 bridgehead atoms. The van der Waals surface area contributed by atoms with Crippen LogP contribution in [0.15, 0.2) is 0 Å². The first-order valence-corrected chi connectivity index (χ1v) is 6.30. The fourth-order valence-corrected chi connectivity index (χ4v) is 2.96. The molecule has 0 spiro atoms. The monoisotopic (exact) mass is 219 g/mol. The minimum atomic E-state index is 0. The molecule has 14 heavy (non-hydrogen) atoms. The maximum atomic E-state index is 5.49. The number of hydrogen-bond donors (Lipinski definition) is 1. The molecule has 0 radical (unpaired) electrons. The molecule has 1 aliphatic rings. The summed E-state index contributed by atoms with van der Waals surface area (Å²) in [6.45, 7) is 0.848. The Morgan fingerprint density at radius 3 is 1.93 bits per heavy atom. The molecule has 88 valence electrons. The molecule has 2 N–H and O–H groups in total. The van der Waals surface area contributed by atoms with Crippen LogP contribution in [0, 0.1) is 0 Å². The lowest BCUT2D eigenvalue weighted by Crippen LogP contribution is -2.10. The number of thioether (sulfide) groups is 1. The Kier molecular flexibility index (Phi) is 13.6. The van der Waals surface area contributed by atoms with Crippen LogP contribution < -0.4 is 5.73 Å². The fourth-order valence-electron chi connectivity index (χ4n) is 1.82. The van der Waals surface area contributed by atoms with Crippen molar-refractivity contribution in [2.24, 2.45) is 5.73 Å². The average Bonchev–Trinajstić information content (AvgIpc) is 2.02. The molecule has 2 heteroatoms. The maximum absolute atomic E-state index is 5.49. The van der Waals surface area contributed by atoms with Crippen molar-refractivity contribution in [2.45, 2.75) is 65.0 Å². The van der Waals surface area contributed by atoms with Crippen molar-refractivity contribution in [3.63, 3.8) is 0 Å². The minimum absolute atomic E-state index is 0. The first-order chi connectivity index (χ1) is 5.93. The Morgan fingerprint density at radius 2 is 1.43 bits per heavy atom. The number of hydrogen-bond acceptors (Lipinski definition) is 2. The smallest absolute Gasteiger partial charge is 0.00586 e. The molecule has 1 fully saturated rings. The van der Waals surface area contributed by atoms with E-state index >= 15 is 0 Å². The second-order valence-electron chi connectivity index (χ2n) is 3.63. The lowest BCUT2D eigenvalue weighted by Gasteiger charge is -2.18. The largest absolute Gasteiger partial charge is 0.330 e. The van der Waals surface area contributed by atoms with E-state index in [0.717, 1.165) is 17.5 Å². The third kappa shape index (κ3) is 7.69. The van der Waals surface area contributed by atoms with Gasteiger partial charge in [0.05, 0.1) is 0 Å². The van der Waals surface area contributed by atoms with E-state index in [4.69, 9.17) is 5.73 Å². The van der Waals surface area contributed by atoms with Gasteiger partial charge in [-0.15, -0.1) is 0 Å². The molecule has 1 rings (SSSR count). The van der Waals surface area contributed by atoms with E-state index in [1.54, 1.807) is 0 Å². The molecular formula is C12H29NS. The first kappa shape index (κ1) is 16.7. The van der Waals surface area contributed by atoms with Crippen molar-refractivity contribution in [3.05, 3.63) is 0 Å². The van der Waals surface area contributed by atoms with Gasteiger partial charge in [-0.1, -0.05) is 47.0 Å². The summed E-state index contributed by atoms with van der Waals surface area (Å²) >= 11 is 2.09. The highest BCUT2D eigenvalue weighted by Gasteiger charge is 2.10. The van der Waals surface area contributed by atoms with Crippen molar-refractivity contribution in [2.75, 3.05) is 12.3 Å². The van der Waals surface area contributed by atoms with Gasteiger partial charge in [0.15, 0.2) is 0 Å². The summed E-state index contributed by atoms with van der Waals surface area (Å²) in [4.78, 5) is 0. The van der Waals surface area contributed by atoms with Crippen LogP contribution in [0.25, 0.3) is 0 Å². The van der Waals surface area contributed by atoms with Crippen LogP contribution in [-0.4, -0.2) is 17.5 Å². The van der Waals surface area contributed by atoms with Crippen LogP contribution in [-0.2, 0) is 0 Å². The van der Waals surface area contributed by atoms with E-state index < -0.39 is 0 Å². The van der Waals surface area contributed by atoms with Crippen LogP contribution >= 0.6 is 11.8 Å². The van der Waals surface area contributed by atoms with Crippen molar-refractivity contribution in [1.82, 2.24) is 0 Å². The number of nitrogens with two attached hydrogens (primary N) is 1. The average molecular weight is 219 g/mol. The van der Waals surface area contributed by atoms with Gasteiger partial charge in [-0.3, -0.25) is 0 Å². The molecule has 0 atom stereocenters. The Hall–Kier alpha value is 0.310. The Morgan fingerprint density at radius 1 is 0.929 bits per heavy atom.